The third kappa shape index (κ3) is 3.97. The summed E-state index contributed by atoms with van der Waals surface area (Å²) in [4.78, 5) is 14.3. The molecule has 0 spiro atoms. The van der Waals surface area contributed by atoms with Gasteiger partial charge in [-0.25, -0.2) is 13.1 Å². The van der Waals surface area contributed by atoms with E-state index in [9.17, 15) is 13.2 Å². The zero-order chi connectivity index (χ0) is 17.9. The molecule has 1 aromatic heterocycles. The van der Waals surface area contributed by atoms with E-state index in [1.165, 1.54) is 18.2 Å². The highest BCUT2D eigenvalue weighted by Gasteiger charge is 2.20. The molecule has 2 aromatic rings. The second kappa shape index (κ2) is 7.20. The predicted octanol–water partition coefficient (Wildman–Crippen LogP) is 1.31. The van der Waals surface area contributed by atoms with E-state index in [0.717, 1.165) is 23.2 Å². The maximum Gasteiger partial charge on any atom is 0.246 e. The fraction of sp³-hybridized carbons (Fsp3) is 0.294. The summed E-state index contributed by atoms with van der Waals surface area (Å²) in [5.74, 6) is -0.0730. The molecule has 2 heterocycles. The van der Waals surface area contributed by atoms with Gasteiger partial charge in [-0.1, -0.05) is 19.1 Å². The van der Waals surface area contributed by atoms with Gasteiger partial charge < -0.3 is 4.90 Å². The van der Waals surface area contributed by atoms with E-state index in [0.29, 0.717) is 19.6 Å². The van der Waals surface area contributed by atoms with Gasteiger partial charge in [-0.2, -0.15) is 5.10 Å². The molecule has 8 heteroatoms. The largest absolute Gasteiger partial charge is 0.334 e. The second-order valence-electron chi connectivity index (χ2n) is 5.79. The van der Waals surface area contributed by atoms with Gasteiger partial charge >= 0.3 is 0 Å². The number of carbonyl (C=O) groups excluding carboxylic acids is 1. The third-order valence-electron chi connectivity index (χ3n) is 4.06. The predicted molar refractivity (Wildman–Crippen MR) is 94.0 cm³/mol. The lowest BCUT2D eigenvalue weighted by atomic mass is 10.1. The van der Waals surface area contributed by atoms with E-state index in [1.807, 2.05) is 0 Å². The summed E-state index contributed by atoms with van der Waals surface area (Å²) in [7, 11) is -3.46. The number of aromatic nitrogens is 2. The van der Waals surface area contributed by atoms with Crippen molar-refractivity contribution in [2.24, 2.45) is 0 Å². The average molecular weight is 360 g/mol. The maximum absolute atomic E-state index is 12.3. The van der Waals surface area contributed by atoms with E-state index in [-0.39, 0.29) is 10.8 Å². The first-order valence-electron chi connectivity index (χ1n) is 8.07. The van der Waals surface area contributed by atoms with Crippen molar-refractivity contribution in [2.45, 2.75) is 24.8 Å². The van der Waals surface area contributed by atoms with Gasteiger partial charge in [0.15, 0.2) is 0 Å². The lowest BCUT2D eigenvalue weighted by Gasteiger charge is -2.25. The number of nitrogens with one attached hydrogen (secondary N) is 2. The highest BCUT2D eigenvalue weighted by Crippen LogP contribution is 2.17. The first-order chi connectivity index (χ1) is 12.0. The molecule has 0 bridgehead atoms. The van der Waals surface area contributed by atoms with Gasteiger partial charge in [-0.05, 0) is 23.8 Å². The van der Waals surface area contributed by atoms with E-state index in [1.54, 1.807) is 36.2 Å². The molecule has 0 saturated carbocycles. The number of nitrogens with zero attached hydrogens (tertiary/aromatic N) is 2. The molecule has 0 atom stereocenters. The zero-order valence-corrected chi connectivity index (χ0v) is 14.7. The standard InChI is InChI=1S/C17H20N4O3S/c1-2-19-25(23,24)15-6-3-13(4-7-15)5-8-17(22)21-10-9-16-14(12-21)11-18-20-16/h3-8,11,19H,2,9-10,12H2,1H3,(H,18,20). The molecular weight excluding hydrogens is 340 g/mol. The van der Waals surface area contributed by atoms with Crippen molar-refractivity contribution in [2.75, 3.05) is 13.1 Å². The summed E-state index contributed by atoms with van der Waals surface area (Å²) in [5, 5.41) is 6.94. The number of hydrogen-bond donors (Lipinski definition) is 2. The van der Waals surface area contributed by atoms with Crippen molar-refractivity contribution in [3.63, 3.8) is 0 Å². The molecule has 1 aliphatic heterocycles. The fourth-order valence-electron chi connectivity index (χ4n) is 2.71. The maximum atomic E-state index is 12.3. The Morgan fingerprint density at radius 3 is 2.84 bits per heavy atom. The monoisotopic (exact) mass is 360 g/mol. The number of benzene rings is 1. The summed E-state index contributed by atoms with van der Waals surface area (Å²) >= 11 is 0. The smallest absolute Gasteiger partial charge is 0.246 e. The van der Waals surface area contributed by atoms with Crippen molar-refractivity contribution in [1.82, 2.24) is 19.8 Å². The van der Waals surface area contributed by atoms with Crippen LogP contribution in [-0.2, 0) is 27.8 Å². The lowest BCUT2D eigenvalue weighted by Crippen LogP contribution is -2.34. The van der Waals surface area contributed by atoms with Crippen LogP contribution in [0.2, 0.25) is 0 Å². The number of amides is 1. The Bertz CT molecular complexity index is 885. The van der Waals surface area contributed by atoms with Gasteiger partial charge in [-0.15, -0.1) is 0 Å². The van der Waals surface area contributed by atoms with Crippen LogP contribution in [0.1, 0.15) is 23.7 Å². The summed E-state index contributed by atoms with van der Waals surface area (Å²) < 4.78 is 26.2. The number of aromatic amines is 1. The van der Waals surface area contributed by atoms with Gasteiger partial charge in [-0.3, -0.25) is 9.89 Å². The minimum atomic E-state index is -3.46. The van der Waals surface area contributed by atoms with Crippen LogP contribution in [0.5, 0.6) is 0 Å². The molecule has 0 saturated heterocycles. The first-order valence-corrected chi connectivity index (χ1v) is 9.56. The lowest BCUT2D eigenvalue weighted by molar-refractivity contribution is -0.126. The Balaban J connectivity index is 1.65. The minimum Gasteiger partial charge on any atom is -0.334 e. The van der Waals surface area contributed by atoms with Crippen LogP contribution in [0.15, 0.2) is 41.4 Å². The van der Waals surface area contributed by atoms with Crippen molar-refractivity contribution < 1.29 is 13.2 Å². The van der Waals surface area contributed by atoms with Crippen LogP contribution in [-0.4, -0.2) is 42.5 Å². The van der Waals surface area contributed by atoms with Crippen molar-refractivity contribution >= 4 is 22.0 Å². The number of fused-ring (bicyclic) bond motifs is 1. The van der Waals surface area contributed by atoms with Crippen molar-refractivity contribution in [1.29, 1.82) is 0 Å². The molecule has 3 rings (SSSR count). The van der Waals surface area contributed by atoms with E-state index in [4.69, 9.17) is 0 Å². The number of H-pyrrole nitrogens is 1. The Morgan fingerprint density at radius 1 is 1.36 bits per heavy atom. The SMILES string of the molecule is CCNS(=O)(=O)c1ccc(C=CC(=O)N2CCc3[nH]ncc3C2)cc1. The summed E-state index contributed by atoms with van der Waals surface area (Å²) in [6.45, 7) is 3.27. The van der Waals surface area contributed by atoms with Gasteiger partial charge in [0, 0.05) is 43.4 Å². The Labute approximate surface area is 146 Å². The summed E-state index contributed by atoms with van der Waals surface area (Å²) in [6.07, 6.45) is 5.73. The zero-order valence-electron chi connectivity index (χ0n) is 13.9. The van der Waals surface area contributed by atoms with E-state index < -0.39 is 10.0 Å². The number of sulfonamides is 1. The Morgan fingerprint density at radius 2 is 2.12 bits per heavy atom. The fourth-order valence-corrected chi connectivity index (χ4v) is 3.76. The molecule has 0 unspecified atom stereocenters. The molecule has 1 aromatic carbocycles. The van der Waals surface area contributed by atoms with Crippen LogP contribution in [0.3, 0.4) is 0 Å². The number of carbonyl (C=O) groups is 1. The van der Waals surface area contributed by atoms with Crippen molar-refractivity contribution in [3.8, 4) is 0 Å². The van der Waals surface area contributed by atoms with Crippen LogP contribution in [0, 0.1) is 0 Å². The Kier molecular flexibility index (Phi) is 5.00. The van der Waals surface area contributed by atoms with Gasteiger partial charge in [0.25, 0.3) is 0 Å². The molecule has 1 amide bonds. The molecule has 0 fully saturated rings. The molecule has 1 aliphatic rings. The molecule has 7 nitrogen and oxygen atoms in total. The number of hydrogen-bond acceptors (Lipinski definition) is 4. The highest BCUT2D eigenvalue weighted by molar-refractivity contribution is 7.89. The quantitative estimate of drug-likeness (QED) is 0.786. The van der Waals surface area contributed by atoms with Crippen LogP contribution in [0.25, 0.3) is 6.08 Å². The molecule has 0 aliphatic carbocycles. The second-order valence-corrected chi connectivity index (χ2v) is 7.55. The Hall–Kier alpha value is -2.45. The third-order valence-corrected chi connectivity index (χ3v) is 5.62. The van der Waals surface area contributed by atoms with Gasteiger partial charge in [0.05, 0.1) is 11.1 Å². The highest BCUT2D eigenvalue weighted by atomic mass is 32.2. The summed E-state index contributed by atoms with van der Waals surface area (Å²) in [6, 6.07) is 6.42. The van der Waals surface area contributed by atoms with Crippen LogP contribution >= 0.6 is 0 Å². The first kappa shape index (κ1) is 17.4. The summed E-state index contributed by atoms with van der Waals surface area (Å²) in [5.41, 5.74) is 2.90. The number of rotatable bonds is 5. The van der Waals surface area contributed by atoms with Crippen molar-refractivity contribution in [3.05, 3.63) is 53.4 Å². The van der Waals surface area contributed by atoms with E-state index >= 15 is 0 Å². The topological polar surface area (TPSA) is 95.2 Å². The molecular formula is C17H20N4O3S. The molecule has 0 radical (unpaired) electrons. The van der Waals surface area contributed by atoms with Crippen LogP contribution in [0.4, 0.5) is 0 Å². The van der Waals surface area contributed by atoms with E-state index in [2.05, 4.69) is 14.9 Å². The van der Waals surface area contributed by atoms with Crippen LogP contribution < -0.4 is 4.72 Å². The van der Waals surface area contributed by atoms with Gasteiger partial charge in [0.1, 0.15) is 0 Å². The molecule has 2 N–H and O–H groups in total. The molecule has 25 heavy (non-hydrogen) atoms. The minimum absolute atomic E-state index is 0.0730. The van der Waals surface area contributed by atoms with Gasteiger partial charge in [0.2, 0.25) is 15.9 Å². The normalized spacial score (nSPS) is 14.7. The average Bonchev–Trinajstić information content (AvgIpc) is 3.07. The molecule has 132 valence electrons.